The van der Waals surface area contributed by atoms with E-state index in [9.17, 15) is 0 Å². The maximum Gasteiger partial charge on any atom is 0.157 e. The van der Waals surface area contributed by atoms with E-state index in [2.05, 4.69) is 38.1 Å². The molecular weight excluding hydrogens is 286 g/mol. The number of nitrogens with one attached hydrogen (secondary N) is 1. The number of hydrogen-bond acceptors (Lipinski definition) is 3. The van der Waals surface area contributed by atoms with Gasteiger partial charge in [0.25, 0.3) is 0 Å². The molecule has 4 heteroatoms. The van der Waals surface area contributed by atoms with Crippen LogP contribution in [0.2, 0.25) is 0 Å². The number of rotatable bonds is 1. The molecule has 2 heterocycles. The van der Waals surface area contributed by atoms with Gasteiger partial charge in [-0.15, -0.1) is 0 Å². The second-order valence-corrected chi connectivity index (χ2v) is 5.29. The Balaban J connectivity index is 1.94. The Hall–Kier alpha value is -1.00. The Labute approximate surface area is 106 Å². The van der Waals surface area contributed by atoms with Crippen LogP contribution in [0.3, 0.4) is 0 Å². The second kappa shape index (κ2) is 4.11. The van der Waals surface area contributed by atoms with Gasteiger partial charge in [0.15, 0.2) is 5.75 Å². The SMILES string of the molecule is Brc1cccc2c1OC(c1ccsc1)CN2. The van der Waals surface area contributed by atoms with E-state index in [-0.39, 0.29) is 6.10 Å². The first-order chi connectivity index (χ1) is 7.84. The van der Waals surface area contributed by atoms with Crippen LogP contribution in [0, 0.1) is 0 Å². The fourth-order valence-electron chi connectivity index (χ4n) is 1.80. The van der Waals surface area contributed by atoms with Crippen molar-refractivity contribution in [3.8, 4) is 5.75 Å². The lowest BCUT2D eigenvalue weighted by Crippen LogP contribution is -2.23. The lowest BCUT2D eigenvalue weighted by molar-refractivity contribution is 0.209. The van der Waals surface area contributed by atoms with Crippen LogP contribution in [0.4, 0.5) is 5.69 Å². The zero-order valence-electron chi connectivity index (χ0n) is 8.44. The minimum Gasteiger partial charge on any atom is -0.480 e. The highest BCUT2D eigenvalue weighted by Crippen LogP contribution is 2.39. The van der Waals surface area contributed by atoms with Gasteiger partial charge in [-0.2, -0.15) is 11.3 Å². The van der Waals surface area contributed by atoms with Crippen LogP contribution in [0.15, 0.2) is 39.5 Å². The highest BCUT2D eigenvalue weighted by Gasteiger charge is 2.22. The molecule has 1 aliphatic heterocycles. The van der Waals surface area contributed by atoms with E-state index in [4.69, 9.17) is 4.74 Å². The summed E-state index contributed by atoms with van der Waals surface area (Å²) in [5.41, 5.74) is 2.29. The Morgan fingerprint density at radius 1 is 1.38 bits per heavy atom. The summed E-state index contributed by atoms with van der Waals surface area (Å²) in [7, 11) is 0. The van der Waals surface area contributed by atoms with Crippen molar-refractivity contribution in [1.82, 2.24) is 0 Å². The van der Waals surface area contributed by atoms with Gasteiger partial charge in [0.05, 0.1) is 16.7 Å². The van der Waals surface area contributed by atoms with Crippen LogP contribution in [0.25, 0.3) is 0 Å². The van der Waals surface area contributed by atoms with Gasteiger partial charge in [-0.25, -0.2) is 0 Å². The molecule has 0 radical (unpaired) electrons. The van der Waals surface area contributed by atoms with Gasteiger partial charge in [-0.1, -0.05) is 6.07 Å². The normalized spacial score (nSPS) is 18.4. The number of para-hydroxylation sites is 1. The molecule has 82 valence electrons. The van der Waals surface area contributed by atoms with Gasteiger partial charge < -0.3 is 10.1 Å². The van der Waals surface area contributed by atoms with Gasteiger partial charge in [0, 0.05) is 5.56 Å². The van der Waals surface area contributed by atoms with Crippen LogP contribution in [0.5, 0.6) is 5.75 Å². The molecule has 3 rings (SSSR count). The van der Waals surface area contributed by atoms with E-state index in [1.54, 1.807) is 11.3 Å². The summed E-state index contributed by atoms with van der Waals surface area (Å²) in [5.74, 6) is 0.907. The molecule has 1 aliphatic rings. The second-order valence-electron chi connectivity index (χ2n) is 3.66. The van der Waals surface area contributed by atoms with Crippen molar-refractivity contribution in [3.05, 3.63) is 45.1 Å². The van der Waals surface area contributed by atoms with Crippen molar-refractivity contribution in [2.24, 2.45) is 0 Å². The van der Waals surface area contributed by atoms with Crippen molar-refractivity contribution in [2.75, 3.05) is 11.9 Å². The van der Waals surface area contributed by atoms with Crippen LogP contribution >= 0.6 is 27.3 Å². The summed E-state index contributed by atoms with van der Waals surface area (Å²) in [6.07, 6.45) is 0.109. The van der Waals surface area contributed by atoms with E-state index in [1.165, 1.54) is 5.56 Å². The molecule has 0 fully saturated rings. The highest BCUT2D eigenvalue weighted by molar-refractivity contribution is 9.10. The van der Waals surface area contributed by atoms with E-state index in [1.807, 2.05) is 18.2 Å². The first-order valence-corrected chi connectivity index (χ1v) is 6.79. The molecule has 0 amide bonds. The highest BCUT2D eigenvalue weighted by atomic mass is 79.9. The fourth-order valence-corrected chi connectivity index (χ4v) is 2.96. The zero-order valence-corrected chi connectivity index (χ0v) is 10.8. The molecule has 1 unspecified atom stereocenters. The van der Waals surface area contributed by atoms with Gasteiger partial charge in [-0.3, -0.25) is 0 Å². The average Bonchev–Trinajstić information content (AvgIpc) is 2.83. The van der Waals surface area contributed by atoms with Crippen molar-refractivity contribution in [3.63, 3.8) is 0 Å². The number of ether oxygens (including phenoxy) is 1. The van der Waals surface area contributed by atoms with Crippen molar-refractivity contribution >= 4 is 33.0 Å². The summed E-state index contributed by atoms with van der Waals surface area (Å²) in [6.45, 7) is 0.820. The molecule has 16 heavy (non-hydrogen) atoms. The standard InChI is InChI=1S/C12H10BrNOS/c13-9-2-1-3-10-12(9)15-11(6-14-10)8-4-5-16-7-8/h1-5,7,11,14H,6H2. The molecule has 0 saturated heterocycles. The monoisotopic (exact) mass is 295 g/mol. The Bertz CT molecular complexity index is 498. The molecule has 1 N–H and O–H groups in total. The number of anilines is 1. The maximum absolute atomic E-state index is 6.00. The third-order valence-electron chi connectivity index (χ3n) is 2.62. The molecular formula is C12H10BrNOS. The minimum atomic E-state index is 0.109. The van der Waals surface area contributed by atoms with Crippen molar-refractivity contribution in [2.45, 2.75) is 6.10 Å². The summed E-state index contributed by atoms with van der Waals surface area (Å²) in [5, 5.41) is 7.60. The van der Waals surface area contributed by atoms with Crippen LogP contribution in [0.1, 0.15) is 11.7 Å². The Morgan fingerprint density at radius 3 is 3.12 bits per heavy atom. The molecule has 0 spiro atoms. The number of benzene rings is 1. The van der Waals surface area contributed by atoms with Crippen molar-refractivity contribution < 1.29 is 4.74 Å². The van der Waals surface area contributed by atoms with Gasteiger partial charge in [0.1, 0.15) is 6.10 Å². The fraction of sp³-hybridized carbons (Fsp3) is 0.167. The molecule has 0 saturated carbocycles. The first-order valence-electron chi connectivity index (χ1n) is 5.06. The quantitative estimate of drug-likeness (QED) is 0.857. The summed E-state index contributed by atoms with van der Waals surface area (Å²) >= 11 is 5.21. The largest absolute Gasteiger partial charge is 0.480 e. The average molecular weight is 296 g/mol. The molecule has 0 aliphatic carbocycles. The first kappa shape index (κ1) is 10.2. The van der Waals surface area contributed by atoms with Crippen LogP contribution < -0.4 is 10.1 Å². The molecule has 2 nitrogen and oxygen atoms in total. The lowest BCUT2D eigenvalue weighted by atomic mass is 10.1. The van der Waals surface area contributed by atoms with Crippen molar-refractivity contribution in [1.29, 1.82) is 0 Å². The zero-order chi connectivity index (χ0) is 11.0. The number of halogens is 1. The Morgan fingerprint density at radius 2 is 2.31 bits per heavy atom. The molecule has 1 aromatic heterocycles. The lowest BCUT2D eigenvalue weighted by Gasteiger charge is -2.27. The third kappa shape index (κ3) is 1.72. The predicted octanol–water partition coefficient (Wildman–Crippen LogP) is 4.06. The van der Waals surface area contributed by atoms with Crippen LogP contribution in [-0.2, 0) is 0 Å². The summed E-state index contributed by atoms with van der Waals surface area (Å²) in [4.78, 5) is 0. The number of thiophene rings is 1. The molecule has 2 aromatic rings. The van der Waals surface area contributed by atoms with E-state index in [0.29, 0.717) is 0 Å². The number of fused-ring (bicyclic) bond motifs is 1. The Kier molecular flexibility index (Phi) is 2.61. The van der Waals surface area contributed by atoms with E-state index >= 15 is 0 Å². The summed E-state index contributed by atoms with van der Waals surface area (Å²) < 4.78 is 7.00. The summed E-state index contributed by atoms with van der Waals surface area (Å²) in [6, 6.07) is 8.14. The smallest absolute Gasteiger partial charge is 0.157 e. The third-order valence-corrected chi connectivity index (χ3v) is 3.95. The topological polar surface area (TPSA) is 21.3 Å². The predicted molar refractivity (Wildman–Crippen MR) is 70.3 cm³/mol. The van der Waals surface area contributed by atoms with E-state index in [0.717, 1.165) is 22.5 Å². The van der Waals surface area contributed by atoms with Crippen LogP contribution in [-0.4, -0.2) is 6.54 Å². The molecule has 0 bridgehead atoms. The number of hydrogen-bond donors (Lipinski definition) is 1. The van der Waals surface area contributed by atoms with E-state index < -0.39 is 0 Å². The van der Waals surface area contributed by atoms with Gasteiger partial charge >= 0.3 is 0 Å². The molecule has 1 atom stereocenters. The molecule has 1 aromatic carbocycles. The van der Waals surface area contributed by atoms with Gasteiger partial charge in [-0.05, 0) is 44.9 Å². The van der Waals surface area contributed by atoms with Gasteiger partial charge in [0.2, 0.25) is 0 Å². The maximum atomic E-state index is 6.00. The minimum absolute atomic E-state index is 0.109.